The minimum absolute atomic E-state index is 0.0485. The van der Waals surface area contributed by atoms with Gasteiger partial charge < -0.3 is 15.3 Å². The zero-order valence-electron chi connectivity index (χ0n) is 9.89. The predicted molar refractivity (Wildman–Crippen MR) is 63.9 cm³/mol. The van der Waals surface area contributed by atoms with E-state index in [-0.39, 0.29) is 17.7 Å². The standard InChI is InChI=1S/C12H17N3O2/c1-13-7-9-3-2-6-15(9)12(17)10-4-5-14-8-11(10)16/h4-5,8-9,13,16H,2-3,6-7H2,1H3. The first-order valence-electron chi connectivity index (χ1n) is 5.82. The smallest absolute Gasteiger partial charge is 0.258 e. The molecule has 1 aliphatic heterocycles. The first-order chi connectivity index (χ1) is 8.24. The van der Waals surface area contributed by atoms with Gasteiger partial charge in [0, 0.05) is 25.3 Å². The highest BCUT2D eigenvalue weighted by Crippen LogP contribution is 2.23. The lowest BCUT2D eigenvalue weighted by atomic mass is 10.2. The summed E-state index contributed by atoms with van der Waals surface area (Å²) in [5, 5.41) is 12.7. The summed E-state index contributed by atoms with van der Waals surface area (Å²) in [5.74, 6) is -0.157. The number of aromatic nitrogens is 1. The molecule has 1 atom stereocenters. The lowest BCUT2D eigenvalue weighted by Crippen LogP contribution is -2.40. The van der Waals surface area contributed by atoms with E-state index >= 15 is 0 Å². The summed E-state index contributed by atoms with van der Waals surface area (Å²) in [7, 11) is 1.88. The highest BCUT2D eigenvalue weighted by molar-refractivity contribution is 5.97. The van der Waals surface area contributed by atoms with Gasteiger partial charge in [-0.2, -0.15) is 0 Å². The van der Waals surface area contributed by atoms with E-state index in [1.165, 1.54) is 12.4 Å². The number of hydrogen-bond acceptors (Lipinski definition) is 4. The maximum absolute atomic E-state index is 12.3. The van der Waals surface area contributed by atoms with E-state index in [0.717, 1.165) is 25.9 Å². The van der Waals surface area contributed by atoms with Gasteiger partial charge in [-0.25, -0.2) is 0 Å². The number of carbonyl (C=O) groups is 1. The molecule has 0 spiro atoms. The molecule has 1 unspecified atom stereocenters. The largest absolute Gasteiger partial charge is 0.505 e. The van der Waals surface area contributed by atoms with Crippen LogP contribution >= 0.6 is 0 Å². The van der Waals surface area contributed by atoms with Crippen molar-refractivity contribution in [2.45, 2.75) is 18.9 Å². The number of likely N-dealkylation sites (tertiary alicyclic amines) is 1. The molecule has 1 fully saturated rings. The third kappa shape index (κ3) is 2.39. The average molecular weight is 235 g/mol. The summed E-state index contributed by atoms with van der Waals surface area (Å²) in [6.45, 7) is 1.55. The molecule has 2 heterocycles. The van der Waals surface area contributed by atoms with Gasteiger partial charge in [0.25, 0.3) is 5.91 Å². The Morgan fingerprint density at radius 1 is 1.71 bits per heavy atom. The Labute approximate surface area is 100 Å². The van der Waals surface area contributed by atoms with Crippen LogP contribution in [0.15, 0.2) is 18.5 Å². The van der Waals surface area contributed by atoms with E-state index in [9.17, 15) is 9.90 Å². The quantitative estimate of drug-likeness (QED) is 0.805. The van der Waals surface area contributed by atoms with Crippen LogP contribution in [0.4, 0.5) is 0 Å². The van der Waals surface area contributed by atoms with Crippen molar-refractivity contribution in [3.63, 3.8) is 0 Å². The number of pyridine rings is 1. The van der Waals surface area contributed by atoms with Crippen LogP contribution in [-0.4, -0.2) is 47.1 Å². The van der Waals surface area contributed by atoms with E-state index in [2.05, 4.69) is 10.3 Å². The molecular weight excluding hydrogens is 218 g/mol. The second-order valence-corrected chi connectivity index (χ2v) is 4.25. The maximum atomic E-state index is 12.3. The van der Waals surface area contributed by atoms with E-state index in [0.29, 0.717) is 5.56 Å². The fraction of sp³-hybridized carbons (Fsp3) is 0.500. The van der Waals surface area contributed by atoms with Gasteiger partial charge in [0.15, 0.2) is 0 Å². The van der Waals surface area contributed by atoms with Crippen LogP contribution in [0.2, 0.25) is 0 Å². The van der Waals surface area contributed by atoms with Crippen molar-refractivity contribution < 1.29 is 9.90 Å². The Kier molecular flexibility index (Phi) is 3.58. The van der Waals surface area contributed by atoms with Crippen molar-refractivity contribution in [3.8, 4) is 5.75 Å². The monoisotopic (exact) mass is 235 g/mol. The Hall–Kier alpha value is -1.62. The van der Waals surface area contributed by atoms with Gasteiger partial charge in [-0.1, -0.05) is 0 Å². The number of hydrogen-bond donors (Lipinski definition) is 2. The van der Waals surface area contributed by atoms with Crippen LogP contribution in [0, 0.1) is 0 Å². The number of amides is 1. The van der Waals surface area contributed by atoms with Crippen LogP contribution in [0.5, 0.6) is 5.75 Å². The van der Waals surface area contributed by atoms with E-state index < -0.39 is 0 Å². The third-order valence-corrected chi connectivity index (χ3v) is 3.11. The molecule has 5 heteroatoms. The minimum atomic E-state index is -0.109. The second kappa shape index (κ2) is 5.14. The van der Waals surface area contributed by atoms with Crippen molar-refractivity contribution in [2.75, 3.05) is 20.1 Å². The van der Waals surface area contributed by atoms with Gasteiger partial charge in [0.05, 0.1) is 11.8 Å². The minimum Gasteiger partial charge on any atom is -0.505 e. The molecule has 1 amide bonds. The third-order valence-electron chi connectivity index (χ3n) is 3.11. The van der Waals surface area contributed by atoms with Crippen molar-refractivity contribution in [2.24, 2.45) is 0 Å². The van der Waals surface area contributed by atoms with E-state index in [4.69, 9.17) is 0 Å². The van der Waals surface area contributed by atoms with Crippen molar-refractivity contribution >= 4 is 5.91 Å². The molecule has 0 aliphatic carbocycles. The maximum Gasteiger partial charge on any atom is 0.258 e. The Morgan fingerprint density at radius 2 is 2.53 bits per heavy atom. The predicted octanol–water partition coefficient (Wildman–Crippen LogP) is 0.611. The number of likely N-dealkylation sites (N-methyl/N-ethyl adjacent to an activating group) is 1. The number of carbonyl (C=O) groups excluding carboxylic acids is 1. The molecule has 2 rings (SSSR count). The van der Waals surface area contributed by atoms with Gasteiger partial charge in [-0.15, -0.1) is 0 Å². The molecule has 1 saturated heterocycles. The number of nitrogens with one attached hydrogen (secondary N) is 1. The Morgan fingerprint density at radius 3 is 3.24 bits per heavy atom. The summed E-state index contributed by atoms with van der Waals surface area (Å²) < 4.78 is 0. The van der Waals surface area contributed by atoms with Crippen molar-refractivity contribution in [1.82, 2.24) is 15.2 Å². The molecule has 1 aromatic heterocycles. The van der Waals surface area contributed by atoms with E-state index in [1.807, 2.05) is 11.9 Å². The van der Waals surface area contributed by atoms with Crippen LogP contribution in [0.1, 0.15) is 23.2 Å². The Bertz CT molecular complexity index is 408. The Balaban J connectivity index is 2.17. The molecule has 0 saturated carbocycles. The number of nitrogens with zero attached hydrogens (tertiary/aromatic N) is 2. The van der Waals surface area contributed by atoms with Gasteiger partial charge in [0.2, 0.25) is 0 Å². The topological polar surface area (TPSA) is 65.5 Å². The van der Waals surface area contributed by atoms with Gasteiger partial charge in [-0.3, -0.25) is 9.78 Å². The summed E-state index contributed by atoms with van der Waals surface area (Å²) in [6.07, 6.45) is 4.86. The summed E-state index contributed by atoms with van der Waals surface area (Å²) in [5.41, 5.74) is 0.336. The molecule has 5 nitrogen and oxygen atoms in total. The first-order valence-corrected chi connectivity index (χ1v) is 5.82. The summed E-state index contributed by atoms with van der Waals surface area (Å²) in [4.78, 5) is 17.9. The molecule has 1 aliphatic rings. The molecule has 0 radical (unpaired) electrons. The van der Waals surface area contributed by atoms with E-state index in [1.54, 1.807) is 6.07 Å². The second-order valence-electron chi connectivity index (χ2n) is 4.25. The lowest BCUT2D eigenvalue weighted by Gasteiger charge is -2.24. The zero-order chi connectivity index (χ0) is 12.3. The SMILES string of the molecule is CNCC1CCCN1C(=O)c1ccncc1O. The normalized spacial score (nSPS) is 19.6. The van der Waals surface area contributed by atoms with Crippen molar-refractivity contribution in [1.29, 1.82) is 0 Å². The molecule has 2 N–H and O–H groups in total. The summed E-state index contributed by atoms with van der Waals surface area (Å²) in [6, 6.07) is 1.78. The van der Waals surface area contributed by atoms with Gasteiger partial charge >= 0.3 is 0 Å². The zero-order valence-corrected chi connectivity index (χ0v) is 9.89. The van der Waals surface area contributed by atoms with Crippen LogP contribution in [-0.2, 0) is 0 Å². The van der Waals surface area contributed by atoms with Crippen LogP contribution in [0.3, 0.4) is 0 Å². The molecule has 0 bridgehead atoms. The molecule has 92 valence electrons. The van der Waals surface area contributed by atoms with Crippen LogP contribution in [0.25, 0.3) is 0 Å². The molecular formula is C12H17N3O2. The highest BCUT2D eigenvalue weighted by atomic mass is 16.3. The van der Waals surface area contributed by atoms with Crippen molar-refractivity contribution in [3.05, 3.63) is 24.0 Å². The fourth-order valence-electron chi connectivity index (χ4n) is 2.27. The first kappa shape index (κ1) is 11.9. The van der Waals surface area contributed by atoms with Gasteiger partial charge in [-0.05, 0) is 26.0 Å². The van der Waals surface area contributed by atoms with Gasteiger partial charge in [0.1, 0.15) is 5.75 Å². The lowest BCUT2D eigenvalue weighted by molar-refractivity contribution is 0.0734. The highest BCUT2D eigenvalue weighted by Gasteiger charge is 2.29. The van der Waals surface area contributed by atoms with Crippen LogP contribution < -0.4 is 5.32 Å². The summed E-state index contributed by atoms with van der Waals surface area (Å²) >= 11 is 0. The molecule has 0 aromatic carbocycles. The number of aromatic hydroxyl groups is 1. The fourth-order valence-corrected chi connectivity index (χ4v) is 2.27. The molecule has 1 aromatic rings. The average Bonchev–Trinajstić information content (AvgIpc) is 2.78. The molecule has 17 heavy (non-hydrogen) atoms. The number of rotatable bonds is 3.